The van der Waals surface area contributed by atoms with Crippen LogP contribution in [0.4, 0.5) is 29.7 Å². The lowest BCUT2D eigenvalue weighted by Crippen LogP contribution is -2.12. The molecule has 3 rings (SSSR count). The number of carbonyl (C=O) groups is 1. The Bertz CT molecular complexity index is 883. The zero-order chi connectivity index (χ0) is 18.5. The molecular weight excluding hydrogens is 367 g/mol. The number of rotatable bonds is 6. The number of amides is 1. The third kappa shape index (κ3) is 4.73. The molecule has 0 saturated carbocycles. The van der Waals surface area contributed by atoms with Crippen LogP contribution in [0.25, 0.3) is 0 Å². The summed E-state index contributed by atoms with van der Waals surface area (Å²) in [6.07, 6.45) is 0. The van der Waals surface area contributed by atoms with Gasteiger partial charge in [-0.3, -0.25) is 4.79 Å². The fourth-order valence-electron chi connectivity index (χ4n) is 2.01. The smallest absolute Gasteiger partial charge is 0.387 e. The van der Waals surface area contributed by atoms with Crippen molar-refractivity contribution < 1.29 is 22.7 Å². The minimum Gasteiger partial charge on any atom is -0.435 e. The van der Waals surface area contributed by atoms with Gasteiger partial charge in [0, 0.05) is 16.8 Å². The molecule has 0 aliphatic carbocycles. The molecule has 0 bridgehead atoms. The monoisotopic (exact) mass is 379 g/mol. The first-order valence-electron chi connectivity index (χ1n) is 7.34. The number of aromatic nitrogens is 1. The van der Waals surface area contributed by atoms with Crippen molar-refractivity contribution in [3.63, 3.8) is 0 Å². The van der Waals surface area contributed by atoms with Gasteiger partial charge in [0.1, 0.15) is 17.3 Å². The maximum absolute atomic E-state index is 12.9. The van der Waals surface area contributed by atoms with E-state index in [0.717, 1.165) is 0 Å². The second-order valence-electron chi connectivity index (χ2n) is 5.03. The van der Waals surface area contributed by atoms with Crippen LogP contribution in [-0.4, -0.2) is 17.5 Å². The summed E-state index contributed by atoms with van der Waals surface area (Å²) >= 11 is 1.21. The molecule has 0 saturated heterocycles. The van der Waals surface area contributed by atoms with Crippen molar-refractivity contribution in [1.29, 1.82) is 0 Å². The molecule has 1 heterocycles. The lowest BCUT2D eigenvalue weighted by molar-refractivity contribution is -0.0498. The summed E-state index contributed by atoms with van der Waals surface area (Å²) < 4.78 is 41.4. The summed E-state index contributed by atoms with van der Waals surface area (Å²) in [6.45, 7) is -2.88. The normalized spacial score (nSPS) is 10.6. The SMILES string of the molecule is O=C(Nc1ccc(F)cc1)c1csc(Nc2ccc(OC(F)F)cc2)n1. The van der Waals surface area contributed by atoms with Gasteiger partial charge >= 0.3 is 6.61 Å². The van der Waals surface area contributed by atoms with Gasteiger partial charge in [0.2, 0.25) is 0 Å². The molecule has 0 spiro atoms. The number of hydrogen-bond donors (Lipinski definition) is 2. The van der Waals surface area contributed by atoms with Gasteiger partial charge in [-0.15, -0.1) is 11.3 Å². The van der Waals surface area contributed by atoms with Crippen molar-refractivity contribution in [3.05, 3.63) is 65.4 Å². The van der Waals surface area contributed by atoms with Crippen LogP contribution >= 0.6 is 11.3 Å². The molecule has 134 valence electrons. The van der Waals surface area contributed by atoms with Crippen molar-refractivity contribution in [3.8, 4) is 5.75 Å². The number of hydrogen-bond acceptors (Lipinski definition) is 5. The molecule has 0 unspecified atom stereocenters. The van der Waals surface area contributed by atoms with E-state index in [4.69, 9.17) is 0 Å². The fraction of sp³-hybridized carbons (Fsp3) is 0.0588. The number of ether oxygens (including phenoxy) is 1. The number of nitrogens with one attached hydrogen (secondary N) is 2. The highest BCUT2D eigenvalue weighted by Gasteiger charge is 2.11. The average Bonchev–Trinajstić information content (AvgIpc) is 3.07. The Hall–Kier alpha value is -3.07. The van der Waals surface area contributed by atoms with Gasteiger partial charge in [0.05, 0.1) is 0 Å². The largest absolute Gasteiger partial charge is 0.435 e. The van der Waals surface area contributed by atoms with Crippen LogP contribution in [0.3, 0.4) is 0 Å². The molecule has 2 aromatic carbocycles. The standard InChI is InChI=1S/C17H12F3N3O2S/c18-10-1-3-11(4-2-10)21-15(24)14-9-26-17(23-14)22-12-5-7-13(8-6-12)25-16(19)20/h1-9,16H,(H,21,24)(H,22,23). The number of halogens is 3. The van der Waals surface area contributed by atoms with Crippen LogP contribution in [0.15, 0.2) is 53.9 Å². The Labute approximate surface area is 150 Å². The predicted octanol–water partition coefficient (Wildman–Crippen LogP) is 4.88. The van der Waals surface area contributed by atoms with E-state index < -0.39 is 18.3 Å². The number of carbonyl (C=O) groups excluding carboxylic acids is 1. The summed E-state index contributed by atoms with van der Waals surface area (Å²) in [5.74, 6) is -0.779. The highest BCUT2D eigenvalue weighted by atomic mass is 32.1. The number of alkyl halides is 2. The van der Waals surface area contributed by atoms with Crippen molar-refractivity contribution in [2.24, 2.45) is 0 Å². The quantitative estimate of drug-likeness (QED) is 0.641. The lowest BCUT2D eigenvalue weighted by Gasteiger charge is -2.06. The van der Waals surface area contributed by atoms with Crippen molar-refractivity contribution in [2.75, 3.05) is 10.6 Å². The first kappa shape index (κ1) is 17.7. The number of nitrogens with zero attached hydrogens (tertiary/aromatic N) is 1. The third-order valence-corrected chi connectivity index (χ3v) is 3.93. The van der Waals surface area contributed by atoms with E-state index in [1.165, 1.54) is 47.7 Å². The predicted molar refractivity (Wildman–Crippen MR) is 92.8 cm³/mol. The van der Waals surface area contributed by atoms with Gasteiger partial charge < -0.3 is 15.4 Å². The van der Waals surface area contributed by atoms with Gasteiger partial charge in [0.15, 0.2) is 5.13 Å². The fourth-order valence-corrected chi connectivity index (χ4v) is 2.72. The van der Waals surface area contributed by atoms with Gasteiger partial charge in [-0.25, -0.2) is 9.37 Å². The minimum absolute atomic E-state index is 0.0454. The first-order chi connectivity index (χ1) is 12.5. The minimum atomic E-state index is -2.88. The highest BCUT2D eigenvalue weighted by molar-refractivity contribution is 7.14. The Morgan fingerprint density at radius 3 is 2.35 bits per heavy atom. The zero-order valence-corrected chi connectivity index (χ0v) is 13.9. The highest BCUT2D eigenvalue weighted by Crippen LogP contribution is 2.24. The summed E-state index contributed by atoms with van der Waals surface area (Å²) in [4.78, 5) is 16.3. The zero-order valence-electron chi connectivity index (χ0n) is 13.1. The molecule has 0 radical (unpaired) electrons. The van der Waals surface area contributed by atoms with Crippen molar-refractivity contribution >= 4 is 33.8 Å². The van der Waals surface area contributed by atoms with E-state index in [1.807, 2.05) is 0 Å². The molecule has 1 amide bonds. The van der Waals surface area contributed by atoms with Crippen molar-refractivity contribution in [2.45, 2.75) is 6.61 Å². The molecule has 3 aromatic rings. The van der Waals surface area contributed by atoms with Gasteiger partial charge in [0.25, 0.3) is 5.91 Å². The molecule has 0 aliphatic heterocycles. The van der Waals surface area contributed by atoms with Crippen LogP contribution in [0.1, 0.15) is 10.5 Å². The van der Waals surface area contributed by atoms with E-state index >= 15 is 0 Å². The third-order valence-electron chi connectivity index (χ3n) is 3.17. The van der Waals surface area contributed by atoms with Crippen molar-refractivity contribution in [1.82, 2.24) is 4.98 Å². The maximum atomic E-state index is 12.9. The van der Waals surface area contributed by atoms with Crippen LogP contribution in [0.5, 0.6) is 5.75 Å². The molecule has 5 nitrogen and oxygen atoms in total. The molecular formula is C17H12F3N3O2S. The number of thiazole rings is 1. The molecule has 0 fully saturated rings. The molecule has 0 atom stereocenters. The molecule has 0 aliphatic rings. The molecule has 9 heteroatoms. The van der Waals surface area contributed by atoms with Crippen LogP contribution in [0, 0.1) is 5.82 Å². The van der Waals surface area contributed by atoms with E-state index in [1.54, 1.807) is 17.5 Å². The summed E-state index contributed by atoms with van der Waals surface area (Å²) in [6, 6.07) is 11.3. The summed E-state index contributed by atoms with van der Waals surface area (Å²) in [5.41, 5.74) is 1.25. The maximum Gasteiger partial charge on any atom is 0.387 e. The second kappa shape index (κ2) is 7.87. The second-order valence-corrected chi connectivity index (χ2v) is 5.88. The number of benzene rings is 2. The van der Waals surface area contributed by atoms with E-state index in [2.05, 4.69) is 20.4 Å². The van der Waals surface area contributed by atoms with E-state index in [9.17, 15) is 18.0 Å². The van der Waals surface area contributed by atoms with Gasteiger partial charge in [-0.1, -0.05) is 0 Å². The van der Waals surface area contributed by atoms with Gasteiger partial charge in [-0.05, 0) is 48.5 Å². The van der Waals surface area contributed by atoms with Crippen LogP contribution < -0.4 is 15.4 Å². The van der Waals surface area contributed by atoms with E-state index in [0.29, 0.717) is 16.5 Å². The average molecular weight is 379 g/mol. The van der Waals surface area contributed by atoms with Gasteiger partial charge in [-0.2, -0.15) is 8.78 Å². The summed E-state index contributed by atoms with van der Waals surface area (Å²) in [7, 11) is 0. The Balaban J connectivity index is 1.62. The Kier molecular flexibility index (Phi) is 5.37. The van der Waals surface area contributed by atoms with Crippen LogP contribution in [-0.2, 0) is 0 Å². The molecule has 26 heavy (non-hydrogen) atoms. The molecule has 2 N–H and O–H groups in total. The summed E-state index contributed by atoms with van der Waals surface area (Å²) in [5, 5.41) is 7.60. The van der Waals surface area contributed by atoms with E-state index in [-0.39, 0.29) is 11.4 Å². The Morgan fingerprint density at radius 2 is 1.69 bits per heavy atom. The Morgan fingerprint density at radius 1 is 1.04 bits per heavy atom. The molecule has 1 aromatic heterocycles. The topological polar surface area (TPSA) is 63.2 Å². The van der Waals surface area contributed by atoms with Crippen LogP contribution in [0.2, 0.25) is 0 Å². The first-order valence-corrected chi connectivity index (χ1v) is 8.22. The number of anilines is 3. The lowest BCUT2D eigenvalue weighted by atomic mass is 10.3.